The molecule has 6 nitrogen and oxygen atoms in total. The molecule has 0 aromatic carbocycles. The minimum Gasteiger partial charge on any atom is -0.466 e. The summed E-state index contributed by atoms with van der Waals surface area (Å²) in [4.78, 5) is 4.31. The Bertz CT molecular complexity index is 669. The Balaban J connectivity index is 0.00000114. The largest absolute Gasteiger partial charge is 0.466 e. The molecular formula is C19H33N5OS2. The van der Waals surface area contributed by atoms with Crippen molar-refractivity contribution in [2.45, 2.75) is 39.5 Å². The zero-order chi connectivity index (χ0) is 20.1. The Labute approximate surface area is 172 Å². The van der Waals surface area contributed by atoms with Crippen LogP contribution in [0.25, 0.3) is 0 Å². The normalized spacial score (nSPS) is 10.3. The number of hydrogen-bond donors (Lipinski definition) is 3. The van der Waals surface area contributed by atoms with Crippen molar-refractivity contribution in [3.63, 3.8) is 0 Å². The summed E-state index contributed by atoms with van der Waals surface area (Å²) in [6.45, 7) is 8.78. The first-order chi connectivity index (χ1) is 13.0. The Morgan fingerprint density at radius 3 is 2.48 bits per heavy atom. The molecule has 0 saturated carbocycles. The van der Waals surface area contributed by atoms with Gasteiger partial charge in [-0.3, -0.25) is 0 Å². The van der Waals surface area contributed by atoms with Crippen LogP contribution in [0.15, 0.2) is 22.9 Å². The number of thioether (sulfide) groups is 1. The van der Waals surface area contributed by atoms with E-state index in [0.717, 1.165) is 59.9 Å². The molecule has 0 radical (unpaired) electrons. The molecular weight excluding hydrogens is 378 g/mol. The van der Waals surface area contributed by atoms with Gasteiger partial charge in [-0.2, -0.15) is 11.8 Å². The lowest BCUT2D eigenvalue weighted by Crippen LogP contribution is -2.37. The van der Waals surface area contributed by atoms with Crippen molar-refractivity contribution in [2.24, 2.45) is 0 Å². The van der Waals surface area contributed by atoms with Gasteiger partial charge in [-0.15, -0.1) is 0 Å². The topological polar surface area (TPSA) is 67.0 Å². The van der Waals surface area contributed by atoms with E-state index in [0.29, 0.717) is 0 Å². The number of rotatable bonds is 9. The predicted molar refractivity (Wildman–Crippen MR) is 120 cm³/mol. The fourth-order valence-corrected chi connectivity index (χ4v) is 3.21. The molecule has 0 bridgehead atoms. The third kappa shape index (κ3) is 9.83. The molecule has 0 aliphatic heterocycles. The molecule has 0 unspecified atom stereocenters. The minimum absolute atomic E-state index is 0.725. The van der Waals surface area contributed by atoms with Crippen LogP contribution in [0.1, 0.15) is 29.3 Å². The lowest BCUT2D eigenvalue weighted by molar-refractivity contribution is 0.501. The van der Waals surface area contributed by atoms with Gasteiger partial charge >= 0.3 is 0 Å². The highest BCUT2D eigenvalue weighted by atomic mass is 32.2. The van der Waals surface area contributed by atoms with Crippen LogP contribution in [0.5, 0.6) is 0 Å². The number of aryl methyl sites for hydroxylation is 3. The van der Waals surface area contributed by atoms with Gasteiger partial charge in [0.25, 0.3) is 0 Å². The Morgan fingerprint density at radius 2 is 1.89 bits per heavy atom. The van der Waals surface area contributed by atoms with Crippen LogP contribution in [-0.4, -0.2) is 47.6 Å². The summed E-state index contributed by atoms with van der Waals surface area (Å²) in [6.07, 6.45) is 2.92. The van der Waals surface area contributed by atoms with Gasteiger partial charge in [-0.25, -0.2) is 4.98 Å². The van der Waals surface area contributed by atoms with E-state index >= 15 is 0 Å². The fraction of sp³-hybridized carbons (Fsp3) is 0.579. The van der Waals surface area contributed by atoms with E-state index in [9.17, 15) is 0 Å². The molecule has 3 N–H and O–H groups in total. The number of aromatic nitrogens is 2. The second kappa shape index (κ2) is 13.6. The zero-order valence-electron chi connectivity index (χ0n) is 17.1. The minimum atomic E-state index is 0.725. The second-order valence-corrected chi connectivity index (χ2v) is 7.72. The number of nitrogens with zero attached hydrogens (tertiary/aromatic N) is 2. The predicted octanol–water partition coefficient (Wildman–Crippen LogP) is 3.02. The molecule has 27 heavy (non-hydrogen) atoms. The number of imidazole rings is 1. The van der Waals surface area contributed by atoms with Crippen LogP contribution in [0.4, 0.5) is 0 Å². The first kappa shape index (κ1) is 23.5. The SMILES string of the molecule is CNC.Cc1ccc(CSCCNC(=S)NCCCn2cnc(C)c2C)o1. The van der Waals surface area contributed by atoms with Crippen LogP contribution in [0, 0.1) is 20.8 Å². The Morgan fingerprint density at radius 1 is 1.19 bits per heavy atom. The second-order valence-electron chi connectivity index (χ2n) is 6.21. The van der Waals surface area contributed by atoms with Crippen LogP contribution in [-0.2, 0) is 12.3 Å². The summed E-state index contributed by atoms with van der Waals surface area (Å²) >= 11 is 7.13. The van der Waals surface area contributed by atoms with Gasteiger partial charge in [-0.1, -0.05) is 0 Å². The van der Waals surface area contributed by atoms with E-state index < -0.39 is 0 Å². The quantitative estimate of drug-likeness (QED) is 0.433. The van der Waals surface area contributed by atoms with Crippen molar-refractivity contribution in [1.82, 2.24) is 25.5 Å². The van der Waals surface area contributed by atoms with Crippen molar-refractivity contribution >= 4 is 29.1 Å². The van der Waals surface area contributed by atoms with E-state index in [-0.39, 0.29) is 0 Å². The number of furan rings is 1. The first-order valence-electron chi connectivity index (χ1n) is 9.19. The maximum absolute atomic E-state index is 5.54. The molecule has 8 heteroatoms. The van der Waals surface area contributed by atoms with E-state index in [1.54, 1.807) is 0 Å². The van der Waals surface area contributed by atoms with Crippen molar-refractivity contribution in [3.8, 4) is 0 Å². The molecule has 0 aliphatic carbocycles. The van der Waals surface area contributed by atoms with Gasteiger partial charge < -0.3 is 24.9 Å². The number of hydrogen-bond acceptors (Lipinski definition) is 5. The summed E-state index contributed by atoms with van der Waals surface area (Å²) in [5.74, 6) is 3.90. The van der Waals surface area contributed by atoms with Crippen LogP contribution in [0.3, 0.4) is 0 Å². The maximum Gasteiger partial charge on any atom is 0.166 e. The molecule has 0 saturated heterocycles. The smallest absolute Gasteiger partial charge is 0.166 e. The summed E-state index contributed by atoms with van der Waals surface area (Å²) in [6, 6.07) is 4.03. The molecule has 0 atom stereocenters. The highest BCUT2D eigenvalue weighted by Crippen LogP contribution is 2.14. The molecule has 0 fully saturated rings. The van der Waals surface area contributed by atoms with E-state index in [4.69, 9.17) is 16.6 Å². The van der Waals surface area contributed by atoms with Crippen molar-refractivity contribution < 1.29 is 4.42 Å². The molecule has 2 rings (SSSR count). The molecule has 2 aromatic rings. The van der Waals surface area contributed by atoms with Gasteiger partial charge in [0.1, 0.15) is 11.5 Å². The van der Waals surface area contributed by atoms with E-state index in [1.165, 1.54) is 5.69 Å². The fourth-order valence-electron chi connectivity index (χ4n) is 2.26. The molecule has 0 aliphatic rings. The standard InChI is InChI=1S/C17H26N4OS2.C2H7N/c1-13-5-6-16(22-13)11-24-10-8-19-17(23)18-7-4-9-21-12-20-14(2)15(21)3;1-3-2/h5-6,12H,4,7-11H2,1-3H3,(H2,18,19,23);3H,1-2H3. The van der Waals surface area contributed by atoms with Gasteiger partial charge in [0.05, 0.1) is 17.8 Å². The van der Waals surface area contributed by atoms with Gasteiger partial charge in [0.2, 0.25) is 0 Å². The third-order valence-corrected chi connectivity index (χ3v) is 5.05. The molecule has 0 spiro atoms. The van der Waals surface area contributed by atoms with E-state index in [2.05, 4.69) is 32.4 Å². The highest BCUT2D eigenvalue weighted by molar-refractivity contribution is 7.98. The van der Waals surface area contributed by atoms with Crippen molar-refractivity contribution in [2.75, 3.05) is 32.9 Å². The highest BCUT2D eigenvalue weighted by Gasteiger charge is 2.02. The van der Waals surface area contributed by atoms with Crippen LogP contribution < -0.4 is 16.0 Å². The average Bonchev–Trinajstić information content (AvgIpc) is 3.19. The zero-order valence-corrected chi connectivity index (χ0v) is 18.7. The van der Waals surface area contributed by atoms with Gasteiger partial charge in [0.15, 0.2) is 5.11 Å². The Kier molecular flexibility index (Phi) is 11.9. The first-order valence-corrected chi connectivity index (χ1v) is 10.8. The average molecular weight is 412 g/mol. The van der Waals surface area contributed by atoms with Crippen molar-refractivity contribution in [3.05, 3.63) is 41.4 Å². The summed E-state index contributed by atoms with van der Waals surface area (Å²) in [7, 11) is 3.75. The summed E-state index contributed by atoms with van der Waals surface area (Å²) in [5.41, 5.74) is 2.34. The lowest BCUT2D eigenvalue weighted by Gasteiger charge is -2.11. The lowest BCUT2D eigenvalue weighted by atomic mass is 10.3. The number of thiocarbonyl (C=S) groups is 1. The van der Waals surface area contributed by atoms with Gasteiger partial charge in [0, 0.05) is 31.1 Å². The van der Waals surface area contributed by atoms with Crippen LogP contribution >= 0.6 is 24.0 Å². The maximum atomic E-state index is 5.54. The van der Waals surface area contributed by atoms with E-state index in [1.807, 2.05) is 58.2 Å². The molecule has 152 valence electrons. The third-order valence-electron chi connectivity index (χ3n) is 3.78. The molecule has 2 heterocycles. The Hall–Kier alpha value is -1.51. The summed E-state index contributed by atoms with van der Waals surface area (Å²) in [5, 5.41) is 9.96. The monoisotopic (exact) mass is 411 g/mol. The molecule has 2 aromatic heterocycles. The summed E-state index contributed by atoms with van der Waals surface area (Å²) < 4.78 is 7.72. The van der Waals surface area contributed by atoms with Gasteiger partial charge in [-0.05, 0) is 65.6 Å². The molecule has 0 amide bonds. The van der Waals surface area contributed by atoms with Crippen LogP contribution in [0.2, 0.25) is 0 Å². The number of nitrogens with one attached hydrogen (secondary N) is 3. The van der Waals surface area contributed by atoms with Crippen molar-refractivity contribution in [1.29, 1.82) is 0 Å².